The third-order valence-corrected chi connectivity index (χ3v) is 6.19. The first-order chi connectivity index (χ1) is 16.4. The maximum atomic E-state index is 12.7. The third-order valence-electron chi connectivity index (χ3n) is 4.81. The molecule has 10 heteroatoms. The molecule has 0 aliphatic rings. The van der Waals surface area contributed by atoms with Crippen molar-refractivity contribution in [3.63, 3.8) is 0 Å². The van der Waals surface area contributed by atoms with Gasteiger partial charge in [0.1, 0.15) is 5.75 Å². The zero-order chi connectivity index (χ0) is 24.6. The van der Waals surface area contributed by atoms with Gasteiger partial charge in [-0.1, -0.05) is 13.3 Å². The number of pyridine rings is 1. The molecule has 0 fully saturated rings. The minimum atomic E-state index is -3.87. The maximum absolute atomic E-state index is 12.7. The normalized spacial score (nSPS) is 10.9. The van der Waals surface area contributed by atoms with Gasteiger partial charge >= 0.3 is 0 Å². The largest absolute Gasteiger partial charge is 0.493 e. The van der Waals surface area contributed by atoms with Crippen molar-refractivity contribution in [2.24, 2.45) is 0 Å². The Balaban J connectivity index is 1.63. The Morgan fingerprint density at radius 1 is 0.971 bits per heavy atom. The number of nitrogens with zero attached hydrogens (tertiary/aromatic N) is 1. The van der Waals surface area contributed by atoms with Crippen molar-refractivity contribution >= 4 is 21.6 Å². The molecular weight excluding hydrogens is 458 g/mol. The summed E-state index contributed by atoms with van der Waals surface area (Å²) < 4.78 is 43.9. The number of hydrogen-bond donors (Lipinski definition) is 2. The molecule has 0 bridgehead atoms. The van der Waals surface area contributed by atoms with Crippen LogP contribution in [0.2, 0.25) is 0 Å². The van der Waals surface area contributed by atoms with Crippen LogP contribution in [0.1, 0.15) is 30.1 Å². The van der Waals surface area contributed by atoms with E-state index in [1.807, 2.05) is 0 Å². The summed E-state index contributed by atoms with van der Waals surface area (Å²) in [6.07, 6.45) is 3.29. The number of anilines is 1. The van der Waals surface area contributed by atoms with E-state index in [0.717, 1.165) is 12.8 Å². The van der Waals surface area contributed by atoms with E-state index in [2.05, 4.69) is 21.9 Å². The highest BCUT2D eigenvalue weighted by Gasteiger charge is 2.17. The first-order valence-electron chi connectivity index (χ1n) is 10.6. The van der Waals surface area contributed by atoms with Gasteiger partial charge in [-0.25, -0.2) is 13.4 Å². The van der Waals surface area contributed by atoms with Crippen LogP contribution in [-0.4, -0.2) is 40.1 Å². The van der Waals surface area contributed by atoms with Gasteiger partial charge < -0.3 is 19.5 Å². The van der Waals surface area contributed by atoms with Gasteiger partial charge in [-0.3, -0.25) is 9.52 Å². The number of benzene rings is 2. The van der Waals surface area contributed by atoms with Crippen molar-refractivity contribution in [2.45, 2.75) is 24.7 Å². The monoisotopic (exact) mass is 485 g/mol. The van der Waals surface area contributed by atoms with Gasteiger partial charge in [0.15, 0.2) is 11.5 Å². The molecule has 3 rings (SSSR count). The molecule has 34 heavy (non-hydrogen) atoms. The van der Waals surface area contributed by atoms with E-state index in [9.17, 15) is 13.2 Å². The molecule has 0 saturated heterocycles. The summed E-state index contributed by atoms with van der Waals surface area (Å²) in [4.78, 5) is 16.2. The summed E-state index contributed by atoms with van der Waals surface area (Å²) in [5, 5.41) is 2.86. The van der Waals surface area contributed by atoms with Gasteiger partial charge in [0.25, 0.3) is 15.9 Å². The van der Waals surface area contributed by atoms with E-state index in [-0.39, 0.29) is 22.4 Å². The molecule has 9 nitrogen and oxygen atoms in total. The van der Waals surface area contributed by atoms with Crippen LogP contribution in [0.25, 0.3) is 0 Å². The molecule has 0 aliphatic heterocycles. The molecule has 3 aromatic rings. The van der Waals surface area contributed by atoms with E-state index in [1.165, 1.54) is 50.7 Å². The minimum Gasteiger partial charge on any atom is -0.493 e. The molecular formula is C24H27N3O6S. The SMILES string of the molecule is CCCCNC(=O)c1ccc(Oc2ccc(NS(=O)(=O)c3ccc(OC)c(OC)c3)cn2)cc1. The van der Waals surface area contributed by atoms with Gasteiger partial charge in [-0.15, -0.1) is 0 Å². The second kappa shape index (κ2) is 11.4. The molecule has 0 radical (unpaired) electrons. The highest BCUT2D eigenvalue weighted by molar-refractivity contribution is 7.92. The third kappa shape index (κ3) is 6.38. The van der Waals surface area contributed by atoms with Crippen LogP contribution >= 0.6 is 0 Å². The summed E-state index contributed by atoms with van der Waals surface area (Å²) in [7, 11) is -0.966. The molecule has 1 amide bonds. The maximum Gasteiger partial charge on any atom is 0.262 e. The van der Waals surface area contributed by atoms with E-state index in [1.54, 1.807) is 24.3 Å². The second-order valence-electron chi connectivity index (χ2n) is 7.24. The van der Waals surface area contributed by atoms with Crippen LogP contribution in [0.3, 0.4) is 0 Å². The molecule has 0 saturated carbocycles. The minimum absolute atomic E-state index is 0.0179. The number of nitrogens with one attached hydrogen (secondary N) is 2. The van der Waals surface area contributed by atoms with Gasteiger partial charge in [-0.05, 0) is 48.9 Å². The van der Waals surface area contributed by atoms with Crippen molar-refractivity contribution in [1.82, 2.24) is 10.3 Å². The Labute approximate surface area is 199 Å². The van der Waals surface area contributed by atoms with Crippen LogP contribution in [0.4, 0.5) is 5.69 Å². The lowest BCUT2D eigenvalue weighted by Crippen LogP contribution is -2.24. The molecule has 1 heterocycles. The van der Waals surface area contributed by atoms with Crippen molar-refractivity contribution in [2.75, 3.05) is 25.5 Å². The summed E-state index contributed by atoms with van der Waals surface area (Å²) in [5.41, 5.74) is 0.803. The molecule has 1 aromatic heterocycles. The fourth-order valence-corrected chi connectivity index (χ4v) is 4.03. The van der Waals surface area contributed by atoms with E-state index in [4.69, 9.17) is 14.2 Å². The predicted molar refractivity (Wildman–Crippen MR) is 128 cm³/mol. The highest BCUT2D eigenvalue weighted by atomic mass is 32.2. The topological polar surface area (TPSA) is 116 Å². The Kier molecular flexibility index (Phi) is 8.31. The molecule has 0 aliphatic carbocycles. The number of amides is 1. The summed E-state index contributed by atoms with van der Waals surface area (Å²) in [6.45, 7) is 2.70. The smallest absolute Gasteiger partial charge is 0.262 e. The zero-order valence-corrected chi connectivity index (χ0v) is 20.0. The fraction of sp³-hybridized carbons (Fsp3) is 0.250. The van der Waals surface area contributed by atoms with Crippen molar-refractivity contribution in [3.05, 3.63) is 66.4 Å². The fourth-order valence-electron chi connectivity index (χ4n) is 2.97. The Hall–Kier alpha value is -3.79. The van der Waals surface area contributed by atoms with Crippen molar-refractivity contribution < 1.29 is 27.4 Å². The van der Waals surface area contributed by atoms with Gasteiger partial charge in [0, 0.05) is 24.2 Å². The number of unbranched alkanes of at least 4 members (excludes halogenated alkanes) is 1. The zero-order valence-electron chi connectivity index (χ0n) is 19.2. The number of aromatic nitrogens is 1. The van der Waals surface area contributed by atoms with Gasteiger partial charge in [0.05, 0.1) is 31.0 Å². The standard InChI is InChI=1S/C24H27N3O6S/c1-4-5-14-25-24(28)17-6-9-19(10-7-17)33-23-13-8-18(16-26-23)27-34(29,30)20-11-12-21(31-2)22(15-20)32-3/h6-13,15-16,27H,4-5,14H2,1-3H3,(H,25,28). The van der Waals surface area contributed by atoms with Gasteiger partial charge in [-0.2, -0.15) is 0 Å². The molecule has 180 valence electrons. The van der Waals surface area contributed by atoms with Crippen LogP contribution in [0.15, 0.2) is 65.7 Å². The van der Waals surface area contributed by atoms with Crippen LogP contribution in [-0.2, 0) is 10.0 Å². The lowest BCUT2D eigenvalue weighted by atomic mass is 10.2. The summed E-state index contributed by atoms with van der Waals surface area (Å²) in [5.74, 6) is 1.36. The lowest BCUT2D eigenvalue weighted by molar-refractivity contribution is 0.0953. The van der Waals surface area contributed by atoms with Crippen LogP contribution in [0.5, 0.6) is 23.1 Å². The number of rotatable bonds is 11. The first-order valence-corrected chi connectivity index (χ1v) is 12.1. The van der Waals surface area contributed by atoms with Gasteiger partial charge in [0.2, 0.25) is 5.88 Å². The van der Waals surface area contributed by atoms with E-state index in [0.29, 0.717) is 29.4 Å². The van der Waals surface area contributed by atoms with E-state index >= 15 is 0 Å². The Morgan fingerprint density at radius 3 is 2.32 bits per heavy atom. The average Bonchev–Trinajstić information content (AvgIpc) is 2.85. The molecule has 2 N–H and O–H groups in total. The number of sulfonamides is 1. The van der Waals surface area contributed by atoms with Crippen molar-refractivity contribution in [1.29, 1.82) is 0 Å². The van der Waals surface area contributed by atoms with Crippen molar-refractivity contribution in [3.8, 4) is 23.1 Å². The highest BCUT2D eigenvalue weighted by Crippen LogP contribution is 2.30. The number of carbonyl (C=O) groups excluding carboxylic acids is 1. The quantitative estimate of drug-likeness (QED) is 0.391. The molecule has 2 aromatic carbocycles. The number of ether oxygens (including phenoxy) is 3. The first kappa shape index (κ1) is 24.8. The van der Waals surface area contributed by atoms with Crippen LogP contribution < -0.4 is 24.2 Å². The summed E-state index contributed by atoms with van der Waals surface area (Å²) >= 11 is 0. The van der Waals surface area contributed by atoms with E-state index < -0.39 is 10.0 Å². The predicted octanol–water partition coefficient (Wildman–Crippen LogP) is 4.22. The average molecular weight is 486 g/mol. The number of carbonyl (C=O) groups is 1. The van der Waals surface area contributed by atoms with Crippen LogP contribution in [0, 0.1) is 0 Å². The molecule has 0 unspecified atom stereocenters. The second-order valence-corrected chi connectivity index (χ2v) is 8.93. The Bertz CT molecular complexity index is 1210. The molecule has 0 atom stereocenters. The summed E-state index contributed by atoms with van der Waals surface area (Å²) in [6, 6.07) is 14.1. The number of methoxy groups -OCH3 is 2. The lowest BCUT2D eigenvalue weighted by Gasteiger charge is -2.12. The Morgan fingerprint density at radius 2 is 1.71 bits per heavy atom. The molecule has 0 spiro atoms. The number of hydrogen-bond acceptors (Lipinski definition) is 7.